The fourth-order valence-electron chi connectivity index (χ4n) is 4.53. The Hall–Kier alpha value is -3.56. The third-order valence-corrected chi connectivity index (χ3v) is 6.38. The Morgan fingerprint density at radius 3 is 2.26 bits per heavy atom. The molecule has 0 aliphatic carbocycles. The smallest absolute Gasteiger partial charge is 0.305 e. The normalized spacial score (nSPS) is 12.9. The lowest BCUT2D eigenvalue weighted by Gasteiger charge is -2.22. The number of aliphatic hydroxyl groups excluding tert-OH is 2. The lowest BCUT2D eigenvalue weighted by molar-refractivity contribution is -0.139. The van der Waals surface area contributed by atoms with E-state index in [0.29, 0.717) is 35.9 Å². The number of rotatable bonds is 13. The van der Waals surface area contributed by atoms with Gasteiger partial charge in [-0.1, -0.05) is 44.2 Å². The van der Waals surface area contributed by atoms with E-state index in [2.05, 4.69) is 0 Å². The number of benzene rings is 2. The van der Waals surface area contributed by atoms with Crippen molar-refractivity contribution >= 4 is 11.9 Å². The predicted molar refractivity (Wildman–Crippen MR) is 142 cm³/mol. The van der Waals surface area contributed by atoms with Crippen molar-refractivity contribution in [1.29, 1.82) is 0 Å². The van der Waals surface area contributed by atoms with Gasteiger partial charge in [0.1, 0.15) is 11.6 Å². The molecule has 3 rings (SSSR count). The first kappa shape index (κ1) is 29.0. The van der Waals surface area contributed by atoms with Crippen LogP contribution < -0.4 is 0 Å². The van der Waals surface area contributed by atoms with E-state index in [4.69, 9.17) is 10.1 Å². The molecule has 1 aromatic heterocycles. The summed E-state index contributed by atoms with van der Waals surface area (Å²) in [5.74, 6) is -1.37. The average Bonchev–Trinajstić information content (AvgIpc) is 3.26. The highest BCUT2D eigenvalue weighted by atomic mass is 19.1. The van der Waals surface area contributed by atoms with Crippen molar-refractivity contribution in [1.82, 2.24) is 14.5 Å². The number of carboxylic acid groups (broad SMARTS) is 1. The molecule has 0 saturated carbocycles. The van der Waals surface area contributed by atoms with Gasteiger partial charge in [-0.2, -0.15) is 0 Å². The molecular formula is C29H36FN3O5. The van der Waals surface area contributed by atoms with Crippen LogP contribution in [-0.4, -0.2) is 60.4 Å². The molecule has 0 spiro atoms. The zero-order valence-corrected chi connectivity index (χ0v) is 22.0. The van der Waals surface area contributed by atoms with Gasteiger partial charge >= 0.3 is 5.97 Å². The Kier molecular flexibility index (Phi) is 10.2. The number of aromatic nitrogens is 2. The van der Waals surface area contributed by atoms with Crippen molar-refractivity contribution in [2.75, 3.05) is 6.54 Å². The molecule has 2 atom stereocenters. The first-order valence-corrected chi connectivity index (χ1v) is 12.9. The van der Waals surface area contributed by atoms with E-state index in [9.17, 15) is 24.2 Å². The number of hydrogen-bond acceptors (Lipinski definition) is 5. The Morgan fingerprint density at radius 1 is 1.03 bits per heavy atom. The zero-order chi connectivity index (χ0) is 27.8. The van der Waals surface area contributed by atoms with Gasteiger partial charge in [-0.05, 0) is 55.5 Å². The number of imidazole rings is 1. The number of carbonyl (C=O) groups is 2. The Labute approximate surface area is 222 Å². The van der Waals surface area contributed by atoms with Crippen molar-refractivity contribution in [3.8, 4) is 11.4 Å². The molecule has 2 aromatic carbocycles. The maximum Gasteiger partial charge on any atom is 0.305 e. The highest BCUT2D eigenvalue weighted by Gasteiger charge is 2.28. The summed E-state index contributed by atoms with van der Waals surface area (Å²) in [4.78, 5) is 31.1. The van der Waals surface area contributed by atoms with Crippen LogP contribution >= 0.6 is 0 Å². The summed E-state index contributed by atoms with van der Waals surface area (Å²) in [5, 5.41) is 29.3. The minimum Gasteiger partial charge on any atom is -0.481 e. The number of halogens is 1. The molecule has 0 fully saturated rings. The van der Waals surface area contributed by atoms with E-state index in [0.717, 1.165) is 5.56 Å². The van der Waals surface area contributed by atoms with Gasteiger partial charge < -0.3 is 24.8 Å². The Balaban J connectivity index is 1.98. The molecule has 1 heterocycles. The van der Waals surface area contributed by atoms with Gasteiger partial charge in [0, 0.05) is 25.2 Å². The molecule has 0 aliphatic rings. The fourth-order valence-corrected chi connectivity index (χ4v) is 4.53. The monoisotopic (exact) mass is 525 g/mol. The molecule has 8 nitrogen and oxygen atoms in total. The van der Waals surface area contributed by atoms with E-state index in [1.165, 1.54) is 12.1 Å². The van der Waals surface area contributed by atoms with Crippen LogP contribution in [0.25, 0.3) is 11.4 Å². The van der Waals surface area contributed by atoms with Crippen LogP contribution in [0.1, 0.15) is 67.7 Å². The van der Waals surface area contributed by atoms with E-state index in [-0.39, 0.29) is 31.2 Å². The number of aliphatic hydroxyl groups is 2. The predicted octanol–water partition coefficient (Wildman–Crippen LogP) is 4.45. The van der Waals surface area contributed by atoms with Crippen LogP contribution in [0.2, 0.25) is 0 Å². The van der Waals surface area contributed by atoms with Crippen LogP contribution in [0, 0.1) is 5.82 Å². The Bertz CT molecular complexity index is 1210. The van der Waals surface area contributed by atoms with Crippen molar-refractivity contribution in [3.63, 3.8) is 0 Å². The lowest BCUT2D eigenvalue weighted by Crippen LogP contribution is -2.31. The van der Waals surface area contributed by atoms with Gasteiger partial charge in [0.05, 0.1) is 24.3 Å². The first-order chi connectivity index (χ1) is 18.1. The van der Waals surface area contributed by atoms with Gasteiger partial charge in [-0.15, -0.1) is 0 Å². The standard InChI is InChI=1S/C29H36FN3O5/c1-4-32(18-20-8-6-5-7-9-20)29(38)26-27(19(2)3)33(15-14-23(34)16-24(35)17-25(36)37)28(31-26)21-10-12-22(30)13-11-21/h5-13,19,23-24,34-35H,4,14-18H2,1-3H3,(H,36,37)/t23-,24-/m1/s1. The van der Waals surface area contributed by atoms with Gasteiger partial charge in [-0.25, -0.2) is 9.37 Å². The number of hydrogen-bond donors (Lipinski definition) is 3. The third-order valence-electron chi connectivity index (χ3n) is 6.38. The second kappa shape index (κ2) is 13.3. The highest BCUT2D eigenvalue weighted by molar-refractivity contribution is 5.94. The second-order valence-corrected chi connectivity index (χ2v) is 9.72. The third kappa shape index (κ3) is 7.49. The van der Waals surface area contributed by atoms with Gasteiger partial charge in [0.25, 0.3) is 5.91 Å². The number of carbonyl (C=O) groups excluding carboxylic acids is 1. The van der Waals surface area contributed by atoms with Crippen LogP contribution in [0.15, 0.2) is 54.6 Å². The maximum absolute atomic E-state index is 13.8. The van der Waals surface area contributed by atoms with Crippen molar-refractivity contribution < 1.29 is 29.3 Å². The molecule has 204 valence electrons. The fraction of sp³-hybridized carbons (Fsp3) is 0.414. The molecule has 9 heteroatoms. The average molecular weight is 526 g/mol. The number of aliphatic carboxylic acids is 1. The summed E-state index contributed by atoms with van der Waals surface area (Å²) < 4.78 is 15.6. The molecular weight excluding hydrogens is 489 g/mol. The molecule has 0 aliphatic heterocycles. The summed E-state index contributed by atoms with van der Waals surface area (Å²) >= 11 is 0. The van der Waals surface area contributed by atoms with Crippen molar-refractivity contribution in [2.45, 2.75) is 71.2 Å². The molecule has 0 saturated heterocycles. The van der Waals surface area contributed by atoms with Gasteiger partial charge in [0.2, 0.25) is 0 Å². The van der Waals surface area contributed by atoms with E-state index < -0.39 is 30.4 Å². The second-order valence-electron chi connectivity index (χ2n) is 9.72. The van der Waals surface area contributed by atoms with Crippen LogP contribution in [0.5, 0.6) is 0 Å². The van der Waals surface area contributed by atoms with Crippen LogP contribution in [-0.2, 0) is 17.9 Å². The minimum absolute atomic E-state index is 0.0869. The van der Waals surface area contributed by atoms with Gasteiger partial charge in [-0.3, -0.25) is 9.59 Å². The molecule has 0 bridgehead atoms. The molecule has 3 aromatic rings. The SMILES string of the molecule is CCN(Cc1ccccc1)C(=O)c1nc(-c2ccc(F)cc2)n(CC[C@@H](O)C[C@@H](O)CC(=O)O)c1C(C)C. The number of amides is 1. The summed E-state index contributed by atoms with van der Waals surface area (Å²) in [7, 11) is 0. The topological polar surface area (TPSA) is 116 Å². The summed E-state index contributed by atoms with van der Waals surface area (Å²) in [5.41, 5.74) is 2.62. The Morgan fingerprint density at radius 2 is 1.68 bits per heavy atom. The highest BCUT2D eigenvalue weighted by Crippen LogP contribution is 2.30. The molecule has 0 radical (unpaired) electrons. The summed E-state index contributed by atoms with van der Waals surface area (Å²) in [6.07, 6.45) is -2.46. The van der Waals surface area contributed by atoms with E-state index >= 15 is 0 Å². The molecule has 38 heavy (non-hydrogen) atoms. The summed E-state index contributed by atoms with van der Waals surface area (Å²) in [6, 6.07) is 15.5. The lowest BCUT2D eigenvalue weighted by atomic mass is 10.0. The molecule has 0 unspecified atom stereocenters. The largest absolute Gasteiger partial charge is 0.481 e. The van der Waals surface area contributed by atoms with Crippen molar-refractivity contribution in [2.24, 2.45) is 0 Å². The van der Waals surface area contributed by atoms with Crippen LogP contribution in [0.4, 0.5) is 4.39 Å². The molecule has 3 N–H and O–H groups in total. The van der Waals surface area contributed by atoms with Crippen molar-refractivity contribution in [3.05, 3.63) is 77.4 Å². The minimum atomic E-state index is -1.17. The van der Waals surface area contributed by atoms with Crippen LogP contribution in [0.3, 0.4) is 0 Å². The number of nitrogens with zero attached hydrogens (tertiary/aromatic N) is 3. The van der Waals surface area contributed by atoms with E-state index in [1.54, 1.807) is 17.0 Å². The zero-order valence-electron chi connectivity index (χ0n) is 22.0. The molecule has 1 amide bonds. The number of carboxylic acids is 1. The maximum atomic E-state index is 13.8. The van der Waals surface area contributed by atoms with E-state index in [1.807, 2.05) is 55.7 Å². The first-order valence-electron chi connectivity index (χ1n) is 12.9. The summed E-state index contributed by atoms with van der Waals surface area (Å²) in [6.45, 7) is 6.99. The van der Waals surface area contributed by atoms with Gasteiger partial charge in [0.15, 0.2) is 5.69 Å². The quantitative estimate of drug-likeness (QED) is 0.304.